The zero-order valence-electron chi connectivity index (χ0n) is 15.8. The molecule has 0 radical (unpaired) electrons. The Morgan fingerprint density at radius 2 is 1.87 bits per heavy atom. The maximum absolute atomic E-state index is 11.5. The van der Waals surface area contributed by atoms with Gasteiger partial charge in [-0.15, -0.1) is 0 Å². The molecule has 0 N–H and O–H groups in total. The highest BCUT2D eigenvalue weighted by molar-refractivity contribution is 7.85. The van der Waals surface area contributed by atoms with E-state index in [-0.39, 0.29) is 5.88 Å². The first-order valence-corrected chi connectivity index (χ1v) is 13.0. The van der Waals surface area contributed by atoms with E-state index in [2.05, 4.69) is 0 Å². The predicted octanol–water partition coefficient (Wildman–Crippen LogP) is 2.35. The van der Waals surface area contributed by atoms with Crippen molar-refractivity contribution in [3.05, 3.63) is 57.9 Å². The van der Waals surface area contributed by atoms with Gasteiger partial charge in [-0.3, -0.25) is 4.90 Å². The van der Waals surface area contributed by atoms with Gasteiger partial charge >= 0.3 is 0 Å². The Morgan fingerprint density at radius 3 is 2.55 bits per heavy atom. The van der Waals surface area contributed by atoms with Crippen molar-refractivity contribution in [2.75, 3.05) is 10.8 Å². The van der Waals surface area contributed by atoms with Crippen LogP contribution in [0.1, 0.15) is 10.6 Å². The smallest absolute Gasteiger partial charge is 0.269 e. The fourth-order valence-electron chi connectivity index (χ4n) is 3.19. The van der Waals surface area contributed by atoms with Crippen LogP contribution in [-0.2, 0) is 26.1 Å². The molecule has 0 saturated heterocycles. The molecule has 0 unspecified atom stereocenters. The molecule has 1 aliphatic rings. The van der Waals surface area contributed by atoms with Crippen molar-refractivity contribution in [2.45, 2.75) is 12.8 Å². The first-order valence-electron chi connectivity index (χ1n) is 8.66. The molecule has 3 aromatic rings. The summed E-state index contributed by atoms with van der Waals surface area (Å²) in [7, 11) is -9.33. The zero-order valence-corrected chi connectivity index (χ0v) is 19.0. The fraction of sp³-hybridized carbons (Fsp3) is 0.167. The van der Waals surface area contributed by atoms with E-state index in [1.165, 1.54) is 21.6 Å². The van der Waals surface area contributed by atoms with Gasteiger partial charge in [0.2, 0.25) is 17.3 Å². The maximum atomic E-state index is 11.5. The molecule has 4 rings (SSSR count). The van der Waals surface area contributed by atoms with Gasteiger partial charge in [-0.2, -0.15) is 4.57 Å². The topological polar surface area (TPSA) is 131 Å². The van der Waals surface area contributed by atoms with E-state index < -0.39 is 32.0 Å². The first kappa shape index (κ1) is 22.0. The Bertz CT molecular complexity index is 1450. The molecule has 164 valence electrons. The number of ether oxygens (including phenoxy) is 1. The molecule has 0 aliphatic carbocycles. The SMILES string of the molecule is Cc1ccc2c(c1)N(CS(=O)(=O)[O-])/C(=C/c1sc3ccc(Cl)cc3[n+]1CS(=O)(=O)[O-])O2. The van der Waals surface area contributed by atoms with E-state index in [9.17, 15) is 25.9 Å². The Balaban J connectivity index is 1.89. The van der Waals surface area contributed by atoms with Gasteiger partial charge in [0.1, 0.15) is 20.7 Å². The number of thiazole rings is 1. The maximum Gasteiger partial charge on any atom is 0.269 e. The molecular formula is C18H14ClN2O7S3-. The van der Waals surface area contributed by atoms with Gasteiger partial charge in [-0.25, -0.2) is 16.8 Å². The third-order valence-corrected chi connectivity index (χ3v) is 6.90. The minimum atomic E-state index is -4.67. The molecule has 0 amide bonds. The van der Waals surface area contributed by atoms with Gasteiger partial charge in [-0.05, 0) is 36.8 Å². The summed E-state index contributed by atoms with van der Waals surface area (Å²) in [6.45, 7) is 1.80. The van der Waals surface area contributed by atoms with Crippen LogP contribution in [0.3, 0.4) is 0 Å². The summed E-state index contributed by atoms with van der Waals surface area (Å²) >= 11 is 7.18. The standard InChI is InChI=1S/C18H15ClN2O7S3/c1-11-2-4-15-13(6-11)20(9-30(22,23)24)17(28-15)8-18-21(10-31(25,26)27)14-7-12(19)3-5-16(14)29-18/h2-8H,9-10H2,1H3,(H-,22,23,24,25,26,27)/p-1. The van der Waals surface area contributed by atoms with Gasteiger partial charge in [0.25, 0.3) is 5.01 Å². The highest BCUT2D eigenvalue weighted by atomic mass is 35.5. The van der Waals surface area contributed by atoms with Crippen molar-refractivity contribution in [3.8, 4) is 5.75 Å². The van der Waals surface area contributed by atoms with Crippen molar-refractivity contribution in [1.82, 2.24) is 0 Å². The van der Waals surface area contributed by atoms with Crippen LogP contribution in [-0.4, -0.2) is 31.8 Å². The van der Waals surface area contributed by atoms with Crippen molar-refractivity contribution in [2.24, 2.45) is 0 Å². The van der Waals surface area contributed by atoms with E-state index in [4.69, 9.17) is 16.3 Å². The molecule has 0 atom stereocenters. The van der Waals surface area contributed by atoms with Crippen molar-refractivity contribution >= 4 is 65.2 Å². The van der Waals surface area contributed by atoms with Gasteiger partial charge in [0.15, 0.2) is 15.9 Å². The van der Waals surface area contributed by atoms with Crippen LogP contribution < -0.4 is 14.2 Å². The fourth-order valence-corrected chi connectivity index (χ4v) is 5.68. The molecule has 13 heteroatoms. The molecule has 2 aromatic carbocycles. The summed E-state index contributed by atoms with van der Waals surface area (Å²) in [5.41, 5.74) is 1.62. The van der Waals surface area contributed by atoms with Crippen LogP contribution >= 0.6 is 22.9 Å². The van der Waals surface area contributed by atoms with Crippen LogP contribution in [0.25, 0.3) is 16.3 Å². The molecule has 2 heterocycles. The minimum absolute atomic E-state index is 0.00900. The lowest BCUT2D eigenvalue weighted by molar-refractivity contribution is -0.649. The molecule has 1 aromatic heterocycles. The predicted molar refractivity (Wildman–Crippen MR) is 114 cm³/mol. The van der Waals surface area contributed by atoms with E-state index in [0.29, 0.717) is 31.7 Å². The van der Waals surface area contributed by atoms with Gasteiger partial charge in [0, 0.05) is 11.1 Å². The van der Waals surface area contributed by atoms with E-state index in [1.54, 1.807) is 37.3 Å². The number of nitrogens with zero attached hydrogens (tertiary/aromatic N) is 2. The Labute approximate surface area is 187 Å². The first-order chi connectivity index (χ1) is 14.4. The summed E-state index contributed by atoms with van der Waals surface area (Å²) in [5.74, 6) is -1.40. The number of halogens is 1. The average molecular weight is 502 g/mol. The highest BCUT2D eigenvalue weighted by Crippen LogP contribution is 2.40. The van der Waals surface area contributed by atoms with Crippen LogP contribution in [0.15, 0.2) is 42.3 Å². The van der Waals surface area contributed by atoms with Crippen LogP contribution in [0.2, 0.25) is 5.02 Å². The number of anilines is 1. The second-order valence-corrected chi connectivity index (χ2v) is 11.1. The van der Waals surface area contributed by atoms with Crippen LogP contribution in [0.4, 0.5) is 5.69 Å². The molecule has 31 heavy (non-hydrogen) atoms. The molecule has 1 aliphatic heterocycles. The summed E-state index contributed by atoms with van der Waals surface area (Å²) in [4.78, 5) is 1.19. The Kier molecular flexibility index (Phi) is 5.48. The molecule has 0 spiro atoms. The molecule has 0 saturated carbocycles. The lowest BCUT2D eigenvalue weighted by Crippen LogP contribution is -2.39. The highest BCUT2D eigenvalue weighted by Gasteiger charge is 2.31. The number of hydrogen-bond acceptors (Lipinski definition) is 9. The van der Waals surface area contributed by atoms with Crippen LogP contribution in [0, 0.1) is 6.92 Å². The number of aromatic nitrogens is 1. The van der Waals surface area contributed by atoms with Crippen molar-refractivity contribution < 1.29 is 35.2 Å². The van der Waals surface area contributed by atoms with E-state index in [0.717, 1.165) is 16.9 Å². The van der Waals surface area contributed by atoms with E-state index >= 15 is 0 Å². The number of hydrogen-bond donors (Lipinski definition) is 0. The third kappa shape index (κ3) is 4.84. The lowest BCUT2D eigenvalue weighted by Gasteiger charge is -2.20. The van der Waals surface area contributed by atoms with Crippen molar-refractivity contribution in [1.29, 1.82) is 0 Å². The third-order valence-electron chi connectivity index (χ3n) is 4.40. The normalized spacial score (nSPS) is 15.5. The van der Waals surface area contributed by atoms with Crippen LogP contribution in [0.5, 0.6) is 5.75 Å². The Hall–Kier alpha value is -2.22. The number of rotatable bonds is 5. The summed E-state index contributed by atoms with van der Waals surface area (Å²) in [6, 6.07) is 9.88. The monoisotopic (exact) mass is 501 g/mol. The van der Waals surface area contributed by atoms with Crippen molar-refractivity contribution in [3.63, 3.8) is 0 Å². The largest absolute Gasteiger partial charge is 0.747 e. The lowest BCUT2D eigenvalue weighted by atomic mass is 10.2. The average Bonchev–Trinajstić information content (AvgIpc) is 3.11. The Morgan fingerprint density at radius 1 is 1.13 bits per heavy atom. The quantitative estimate of drug-likeness (QED) is 0.384. The van der Waals surface area contributed by atoms with Gasteiger partial charge in [0.05, 0.1) is 11.8 Å². The molecule has 0 bridgehead atoms. The van der Waals surface area contributed by atoms with E-state index in [1.807, 2.05) is 0 Å². The molecule has 9 nitrogen and oxygen atoms in total. The summed E-state index contributed by atoms with van der Waals surface area (Å²) in [6.07, 6.45) is 1.39. The number of benzene rings is 2. The zero-order chi connectivity index (χ0) is 22.6. The summed E-state index contributed by atoms with van der Waals surface area (Å²) < 4.78 is 76.6. The second kappa shape index (κ2) is 7.73. The number of aryl methyl sites for hydroxylation is 1. The van der Waals surface area contributed by atoms with Gasteiger partial charge in [-0.1, -0.05) is 29.0 Å². The minimum Gasteiger partial charge on any atom is -0.747 e. The molecular weight excluding hydrogens is 488 g/mol. The second-order valence-electron chi connectivity index (χ2n) is 6.84. The summed E-state index contributed by atoms with van der Waals surface area (Å²) in [5, 5.41) is 0.644. The molecule has 0 fully saturated rings. The number of fused-ring (bicyclic) bond motifs is 2. The van der Waals surface area contributed by atoms with Gasteiger partial charge < -0.3 is 13.8 Å².